The van der Waals surface area contributed by atoms with Gasteiger partial charge in [-0.2, -0.15) is 0 Å². The number of carbonyl (C=O) groups excluding carboxylic acids is 1. The monoisotopic (exact) mass is 474 g/mol. The van der Waals surface area contributed by atoms with Crippen LogP contribution < -0.4 is 0 Å². The van der Waals surface area contributed by atoms with E-state index in [1.54, 1.807) is 0 Å². The highest BCUT2D eigenvalue weighted by Crippen LogP contribution is 2.24. The maximum atomic E-state index is 11.2. The van der Waals surface area contributed by atoms with Gasteiger partial charge < -0.3 is 70.0 Å². The van der Waals surface area contributed by atoms with E-state index >= 15 is 0 Å². The van der Waals surface area contributed by atoms with E-state index in [1.807, 2.05) is 0 Å². The second kappa shape index (κ2) is 12.0. The van der Waals surface area contributed by atoms with Crippen molar-refractivity contribution in [3.63, 3.8) is 0 Å². The molecule has 0 unspecified atom stereocenters. The van der Waals surface area contributed by atoms with Gasteiger partial charge in [0.1, 0.15) is 67.6 Å². The summed E-state index contributed by atoms with van der Waals surface area (Å²) in [6.45, 7) is -2.72. The molecule has 2 rings (SSSR count). The summed E-state index contributed by atoms with van der Waals surface area (Å²) in [6.07, 6.45) is -20.1. The van der Waals surface area contributed by atoms with Gasteiger partial charge >= 0.3 is 0 Å². The van der Waals surface area contributed by atoms with Gasteiger partial charge in [0, 0.05) is 0 Å². The van der Waals surface area contributed by atoms with E-state index in [0.29, 0.717) is 0 Å². The van der Waals surface area contributed by atoms with E-state index < -0.39 is 99.2 Å². The first kappa shape index (κ1) is 27.4. The van der Waals surface area contributed by atoms with Gasteiger partial charge in [-0.1, -0.05) is 0 Å². The molecule has 12 atom stereocenters. The highest BCUT2D eigenvalue weighted by molar-refractivity contribution is 5.84. The molecule has 0 aromatic heterocycles. The van der Waals surface area contributed by atoms with Gasteiger partial charge in [-0.05, 0) is 0 Å². The fraction of sp³-hybridized carbons (Fsp3) is 0.941. The molecule has 0 aromatic carbocycles. The zero-order valence-corrected chi connectivity index (χ0v) is 16.8. The van der Waals surface area contributed by atoms with Crippen LogP contribution in [0.15, 0.2) is 0 Å². The third kappa shape index (κ3) is 6.37. The molecule has 15 nitrogen and oxygen atoms in total. The second-order valence-electron chi connectivity index (χ2n) is 7.56. The van der Waals surface area contributed by atoms with Gasteiger partial charge in [-0.15, -0.1) is 0 Å². The Bertz CT molecular complexity index is 592. The Morgan fingerprint density at radius 1 is 0.875 bits per heavy atom. The largest absolute Gasteiger partial charge is 0.388 e. The minimum Gasteiger partial charge on any atom is -0.388 e. The molecule has 10 N–H and O–H groups in total. The Morgan fingerprint density at radius 3 is 2.12 bits per heavy atom. The molecule has 0 bridgehead atoms. The van der Waals surface area contributed by atoms with E-state index in [-0.39, 0.29) is 6.61 Å². The van der Waals surface area contributed by atoms with E-state index in [0.717, 1.165) is 0 Å². The van der Waals surface area contributed by atoms with Gasteiger partial charge in [0.2, 0.25) is 0 Å². The van der Waals surface area contributed by atoms with Crippen molar-refractivity contribution >= 4 is 5.78 Å². The number of aliphatic hydroxyl groups excluding tert-OH is 10. The van der Waals surface area contributed by atoms with E-state index in [9.17, 15) is 50.8 Å². The highest BCUT2D eigenvalue weighted by Gasteiger charge is 2.46. The Kier molecular flexibility index (Phi) is 10.3. The number of aliphatic hydroxyl groups is 10. The first-order valence-corrected chi connectivity index (χ1v) is 9.76. The third-order valence-corrected chi connectivity index (χ3v) is 5.18. The van der Waals surface area contributed by atoms with Crippen LogP contribution in [0.3, 0.4) is 0 Å². The molecule has 0 spiro atoms. The summed E-state index contributed by atoms with van der Waals surface area (Å²) in [7, 11) is 0. The average Bonchev–Trinajstić information content (AvgIpc) is 2.79. The van der Waals surface area contributed by atoms with Crippen LogP contribution >= 0.6 is 0 Å². The number of rotatable bonds is 10. The van der Waals surface area contributed by atoms with Gasteiger partial charge in [0.05, 0.1) is 19.8 Å². The topological polar surface area (TPSA) is 256 Å². The van der Waals surface area contributed by atoms with Crippen molar-refractivity contribution in [2.75, 3.05) is 26.4 Å². The number of hydrogen-bond acceptors (Lipinski definition) is 15. The van der Waals surface area contributed by atoms with Crippen molar-refractivity contribution < 1.29 is 74.8 Å². The molecule has 0 amide bonds. The van der Waals surface area contributed by atoms with Crippen molar-refractivity contribution in [1.29, 1.82) is 0 Å². The van der Waals surface area contributed by atoms with E-state index in [4.69, 9.17) is 24.1 Å². The van der Waals surface area contributed by atoms with Gasteiger partial charge in [-0.25, -0.2) is 0 Å². The fourth-order valence-corrected chi connectivity index (χ4v) is 3.09. The normalized spacial score (nSPS) is 41.1. The molecule has 0 saturated carbocycles. The number of ketones is 1. The fourth-order valence-electron chi connectivity index (χ4n) is 3.09. The summed E-state index contributed by atoms with van der Waals surface area (Å²) >= 11 is 0. The van der Waals surface area contributed by atoms with Gasteiger partial charge in [0.15, 0.2) is 18.4 Å². The van der Waals surface area contributed by atoms with Crippen molar-refractivity contribution in [2.45, 2.75) is 73.6 Å². The molecular weight excluding hydrogens is 444 g/mol. The molecule has 2 saturated heterocycles. The second-order valence-corrected chi connectivity index (χ2v) is 7.56. The van der Waals surface area contributed by atoms with E-state index in [1.165, 1.54) is 0 Å². The molecular formula is C17H30O15. The lowest BCUT2D eigenvalue weighted by Gasteiger charge is -2.41. The maximum absolute atomic E-state index is 11.2. The summed E-state index contributed by atoms with van der Waals surface area (Å²) in [6, 6.07) is 0. The summed E-state index contributed by atoms with van der Waals surface area (Å²) < 4.78 is 20.7. The summed E-state index contributed by atoms with van der Waals surface area (Å²) in [4.78, 5) is 11.2. The van der Waals surface area contributed by atoms with Crippen LogP contribution in [0.1, 0.15) is 0 Å². The number of carbonyl (C=O) groups is 1. The first-order valence-electron chi connectivity index (χ1n) is 9.76. The number of ether oxygens (including phenoxy) is 4. The zero-order chi connectivity index (χ0) is 24.2. The molecule has 0 aliphatic carbocycles. The summed E-state index contributed by atoms with van der Waals surface area (Å²) in [5, 5.41) is 96.8. The van der Waals surface area contributed by atoms with Crippen LogP contribution in [0.5, 0.6) is 0 Å². The zero-order valence-electron chi connectivity index (χ0n) is 16.8. The minimum absolute atomic E-state index is 0.338. The Balaban J connectivity index is 1.91. The molecule has 2 fully saturated rings. The minimum atomic E-state index is -2.10. The summed E-state index contributed by atoms with van der Waals surface area (Å²) in [5.41, 5.74) is 0. The van der Waals surface area contributed by atoms with Crippen LogP contribution in [0.2, 0.25) is 0 Å². The number of Topliss-reactive ketones (excluding diaryl/α,β-unsaturated/α-hetero) is 1. The smallest absolute Gasteiger partial charge is 0.189 e. The average molecular weight is 474 g/mol. The standard InChI is InChI=1S/C17H30O15/c18-1-5(19)9(22)10(23)6(20)3-30-17-15(28)13(26)12(25)8(32-17)4-31-16-14(27)11(24)7(21)2-29-16/h6-18,20-28H,1-4H2/t6-,7-,8-,9-,10-,11+,12-,13+,14-,15-,16+,17+/m1/s1. The van der Waals surface area contributed by atoms with Gasteiger partial charge in [-0.3, -0.25) is 4.79 Å². The lowest BCUT2D eigenvalue weighted by Crippen LogP contribution is -2.60. The molecule has 188 valence electrons. The molecule has 0 radical (unpaired) electrons. The van der Waals surface area contributed by atoms with Crippen molar-refractivity contribution in [3.8, 4) is 0 Å². The molecule has 2 heterocycles. The Labute approximate surface area is 181 Å². The predicted octanol–water partition coefficient (Wildman–Crippen LogP) is -7.09. The van der Waals surface area contributed by atoms with Crippen molar-refractivity contribution in [1.82, 2.24) is 0 Å². The van der Waals surface area contributed by atoms with E-state index in [2.05, 4.69) is 0 Å². The summed E-state index contributed by atoms with van der Waals surface area (Å²) in [5.74, 6) is -1.15. The molecule has 0 aromatic rings. The van der Waals surface area contributed by atoms with Crippen LogP contribution in [0, 0.1) is 0 Å². The van der Waals surface area contributed by atoms with Crippen LogP contribution in [0.4, 0.5) is 0 Å². The molecule has 15 heteroatoms. The van der Waals surface area contributed by atoms with Gasteiger partial charge in [0.25, 0.3) is 0 Å². The number of hydrogen-bond donors (Lipinski definition) is 10. The Hall–Kier alpha value is -0.890. The predicted molar refractivity (Wildman–Crippen MR) is 96.5 cm³/mol. The van der Waals surface area contributed by atoms with Crippen LogP contribution in [-0.4, -0.2) is 157 Å². The molecule has 2 aliphatic heterocycles. The highest BCUT2D eigenvalue weighted by atomic mass is 16.7. The SMILES string of the molecule is O=C(CO)[C@@H](O)[C@H](O)[C@H](O)CO[C@H]1O[C@H](CO[C@@H]2OC[C@@H](O)[C@H](O)[C@H]2O)[C@@H](O)[C@H](O)[C@H]1O. The van der Waals surface area contributed by atoms with Crippen LogP contribution in [-0.2, 0) is 23.7 Å². The molecule has 32 heavy (non-hydrogen) atoms. The van der Waals surface area contributed by atoms with Crippen molar-refractivity contribution in [3.05, 3.63) is 0 Å². The lowest BCUT2D eigenvalue weighted by molar-refractivity contribution is -0.324. The molecule has 2 aliphatic rings. The quantitative estimate of drug-likeness (QED) is 0.141. The Morgan fingerprint density at radius 2 is 1.50 bits per heavy atom. The third-order valence-electron chi connectivity index (χ3n) is 5.18. The maximum Gasteiger partial charge on any atom is 0.189 e. The lowest BCUT2D eigenvalue weighted by atomic mass is 9.99. The van der Waals surface area contributed by atoms with Crippen LogP contribution in [0.25, 0.3) is 0 Å². The van der Waals surface area contributed by atoms with Crippen molar-refractivity contribution in [2.24, 2.45) is 0 Å². The first-order chi connectivity index (χ1) is 15.0.